The second-order valence-electron chi connectivity index (χ2n) is 23.8. The van der Waals surface area contributed by atoms with Crippen molar-refractivity contribution in [1.82, 2.24) is 20.3 Å². The van der Waals surface area contributed by atoms with E-state index in [9.17, 15) is 52.1 Å². The lowest BCUT2D eigenvalue weighted by Crippen LogP contribution is -2.28. The molecule has 3 heterocycles. The molecule has 0 saturated heterocycles. The summed E-state index contributed by atoms with van der Waals surface area (Å²) in [4.78, 5) is 27.0. The van der Waals surface area contributed by atoms with Crippen LogP contribution in [-0.2, 0) is 71.9 Å². The summed E-state index contributed by atoms with van der Waals surface area (Å²) in [6.45, 7) is 13.2. The Morgan fingerprint density at radius 3 is 2.03 bits per heavy atom. The van der Waals surface area contributed by atoms with Crippen molar-refractivity contribution in [3.8, 4) is 0 Å². The standard InChI is InChI=1S/C64H80ClN9O14S4/c1-6-7-35-73-54-29-27-50(91(81,82)83)42-52(54)63(2,3)56(73)31-21-45-14-12-15-46(22-32-57-64(4,5)53-43-51(92(84,85)86)28-30-55(53)74(57)36-10-11-41-89(76,77)78)59(45)47-19-17-44(18-20-47)13-8-9-16-58(75)67-33-37-87-39-40-88-38-34-68-61-70-60(65)71-62(72-61)69-48-23-25-49(26-24-48)90(66,79)80/h17-32,42-43H,6-16,33-41H2,1-5H3,(H7-,66,67,68,69,70,71,72,75,76,77,78,79,80,81,82,83,84,85,86)/p+1. The number of nitrogens with one attached hydrogen (secondary N) is 3. The molecule has 0 saturated carbocycles. The maximum absolute atomic E-state index is 12.8. The van der Waals surface area contributed by atoms with E-state index in [1.807, 2.05) is 24.5 Å². The summed E-state index contributed by atoms with van der Waals surface area (Å²) in [5, 5.41) is 14.0. The number of nitrogens with zero attached hydrogens (tertiary/aromatic N) is 5. The van der Waals surface area contributed by atoms with Crippen LogP contribution in [0.4, 0.5) is 29.0 Å². The molecule has 0 spiro atoms. The van der Waals surface area contributed by atoms with E-state index in [4.69, 9.17) is 26.2 Å². The van der Waals surface area contributed by atoms with Gasteiger partial charge >= 0.3 is 0 Å². The number of aryl methyl sites for hydroxylation is 1. The number of amides is 1. The molecule has 0 fully saturated rings. The number of halogens is 1. The van der Waals surface area contributed by atoms with E-state index in [1.165, 1.54) is 42.5 Å². The van der Waals surface area contributed by atoms with Gasteiger partial charge in [0, 0.05) is 72.7 Å². The van der Waals surface area contributed by atoms with Crippen LogP contribution < -0.4 is 26.0 Å². The molecule has 8 rings (SSSR count). The number of carbonyl (C=O) groups excluding carboxylic acids is 1. The van der Waals surface area contributed by atoms with Gasteiger partial charge in [0.15, 0.2) is 5.71 Å². The van der Waals surface area contributed by atoms with Gasteiger partial charge in [-0.1, -0.05) is 63.6 Å². The van der Waals surface area contributed by atoms with E-state index in [0.717, 1.165) is 95.5 Å². The second-order valence-corrected chi connectivity index (χ2v) is 30.1. The molecule has 0 radical (unpaired) electrons. The molecule has 496 valence electrons. The predicted octanol–water partition coefficient (Wildman–Crippen LogP) is 10.0. The number of benzene rings is 4. The largest absolute Gasteiger partial charge is 0.377 e. The number of nitrogens with two attached hydrogens (primary N) is 1. The molecule has 0 unspecified atom stereocenters. The van der Waals surface area contributed by atoms with Crippen LogP contribution in [0.2, 0.25) is 5.28 Å². The van der Waals surface area contributed by atoms with Gasteiger partial charge in [-0.2, -0.15) is 44.8 Å². The Kier molecular flexibility index (Phi) is 23.6. The highest BCUT2D eigenvalue weighted by Gasteiger charge is 2.45. The molecule has 8 N–H and O–H groups in total. The summed E-state index contributed by atoms with van der Waals surface area (Å²) in [5.41, 5.74) is 9.21. The lowest BCUT2D eigenvalue weighted by molar-refractivity contribution is -0.438. The van der Waals surface area contributed by atoms with E-state index in [-0.39, 0.29) is 44.2 Å². The second kappa shape index (κ2) is 30.5. The molecule has 5 aromatic rings. The Bertz CT molecular complexity index is 4160. The van der Waals surface area contributed by atoms with E-state index in [2.05, 4.69) is 99.1 Å². The fourth-order valence-electron chi connectivity index (χ4n) is 11.7. The maximum atomic E-state index is 12.8. The van der Waals surface area contributed by atoms with Gasteiger partial charge < -0.3 is 30.3 Å². The predicted molar refractivity (Wildman–Crippen MR) is 355 cm³/mol. The molecule has 92 heavy (non-hydrogen) atoms. The number of primary sulfonamides is 1. The molecular weight excluding hydrogens is 1280 g/mol. The van der Waals surface area contributed by atoms with Crippen LogP contribution in [0.15, 0.2) is 141 Å². The molecule has 28 heteroatoms. The minimum atomic E-state index is -4.54. The van der Waals surface area contributed by atoms with Crippen molar-refractivity contribution in [3.05, 3.63) is 154 Å². The third-order valence-electron chi connectivity index (χ3n) is 16.4. The van der Waals surface area contributed by atoms with E-state index in [0.29, 0.717) is 88.8 Å². The zero-order valence-electron chi connectivity index (χ0n) is 52.2. The average molecular weight is 1360 g/mol. The Labute approximate surface area is 544 Å². The molecule has 2 aliphatic heterocycles. The summed E-state index contributed by atoms with van der Waals surface area (Å²) in [6.07, 6.45) is 15.7. The molecule has 4 aromatic carbocycles. The van der Waals surface area contributed by atoms with E-state index < -0.39 is 57.0 Å². The first-order valence-corrected chi connectivity index (χ1v) is 36.9. The molecule has 1 aromatic heterocycles. The van der Waals surface area contributed by atoms with Gasteiger partial charge in [0.2, 0.25) is 38.8 Å². The number of ether oxygens (including phenoxy) is 2. The number of allylic oxidation sites excluding steroid dienone is 8. The van der Waals surface area contributed by atoms with Gasteiger partial charge in [0.25, 0.3) is 30.4 Å². The highest BCUT2D eigenvalue weighted by Crippen LogP contribution is 2.49. The number of rotatable bonds is 32. The van der Waals surface area contributed by atoms with Gasteiger partial charge in [-0.3, -0.25) is 18.5 Å². The quantitative estimate of drug-likeness (QED) is 0.0120. The van der Waals surface area contributed by atoms with Crippen molar-refractivity contribution in [1.29, 1.82) is 0 Å². The summed E-state index contributed by atoms with van der Waals surface area (Å²) in [6, 6.07) is 23.4. The minimum Gasteiger partial charge on any atom is -0.377 e. The van der Waals surface area contributed by atoms with Crippen LogP contribution in [-0.4, -0.2) is 137 Å². The fraction of sp³-hybridized carbons (Fsp3) is 0.422. The topological polar surface area (TPSA) is 340 Å². The molecule has 3 aliphatic rings. The van der Waals surface area contributed by atoms with Crippen molar-refractivity contribution >= 4 is 98.1 Å². The highest BCUT2D eigenvalue weighted by molar-refractivity contribution is 7.89. The highest BCUT2D eigenvalue weighted by atomic mass is 35.5. The number of carbonyl (C=O) groups is 1. The van der Waals surface area contributed by atoms with E-state index >= 15 is 0 Å². The fourth-order valence-corrected chi connectivity index (χ4v) is 13.9. The Hall–Kier alpha value is -6.76. The van der Waals surface area contributed by atoms with Crippen molar-refractivity contribution in [2.24, 2.45) is 5.14 Å². The number of anilines is 4. The lowest BCUT2D eigenvalue weighted by atomic mass is 9.79. The van der Waals surface area contributed by atoms with Crippen LogP contribution in [0.5, 0.6) is 0 Å². The van der Waals surface area contributed by atoms with Gasteiger partial charge in [0.1, 0.15) is 6.54 Å². The number of unbranched alkanes of at least 4 members (excludes halogenated alkanes) is 3. The minimum absolute atomic E-state index is 0.0388. The Balaban J connectivity index is 0.911. The van der Waals surface area contributed by atoms with Gasteiger partial charge in [-0.15, -0.1) is 0 Å². The molecule has 0 atom stereocenters. The normalized spacial score (nSPS) is 16.7. The third-order valence-corrected chi connectivity index (χ3v) is 20.0. The third kappa shape index (κ3) is 18.8. The smallest absolute Gasteiger partial charge is 0.294 e. The van der Waals surface area contributed by atoms with Crippen molar-refractivity contribution in [2.45, 2.75) is 131 Å². The van der Waals surface area contributed by atoms with Crippen LogP contribution >= 0.6 is 11.6 Å². The van der Waals surface area contributed by atoms with Crippen molar-refractivity contribution < 1.29 is 66.2 Å². The van der Waals surface area contributed by atoms with Crippen LogP contribution in [0.3, 0.4) is 0 Å². The number of hydrogen-bond acceptors (Lipinski definition) is 17. The number of sulfonamides is 1. The van der Waals surface area contributed by atoms with Gasteiger partial charge in [0.05, 0.1) is 52.3 Å². The molecule has 1 amide bonds. The monoisotopic (exact) mass is 1360 g/mol. The first-order valence-electron chi connectivity index (χ1n) is 30.5. The van der Waals surface area contributed by atoms with E-state index in [1.54, 1.807) is 18.2 Å². The average Bonchev–Trinajstić information content (AvgIpc) is 1.59. The van der Waals surface area contributed by atoms with Crippen molar-refractivity contribution in [2.75, 3.05) is 73.9 Å². The van der Waals surface area contributed by atoms with Crippen LogP contribution in [0, 0.1) is 0 Å². The summed E-state index contributed by atoms with van der Waals surface area (Å²) in [7, 11) is -17.0. The van der Waals surface area contributed by atoms with Crippen LogP contribution in [0.25, 0.3) is 5.57 Å². The first-order chi connectivity index (χ1) is 43.4. The van der Waals surface area contributed by atoms with Gasteiger partial charge in [-0.05, 0) is 171 Å². The molecule has 1 aliphatic carbocycles. The maximum Gasteiger partial charge on any atom is 0.294 e. The summed E-state index contributed by atoms with van der Waals surface area (Å²) >= 11 is 6.09. The lowest BCUT2D eigenvalue weighted by Gasteiger charge is -2.27. The number of aromatic nitrogens is 3. The molecule has 23 nitrogen and oxygen atoms in total. The first kappa shape index (κ1) is 71.1. The Morgan fingerprint density at radius 1 is 0.717 bits per heavy atom. The zero-order valence-corrected chi connectivity index (χ0v) is 56.2. The van der Waals surface area contributed by atoms with Crippen molar-refractivity contribution in [3.63, 3.8) is 0 Å². The SMILES string of the molecule is CCCCN1C(=CC=C2CCCC(C=CC3=[N+](CCCCS(=O)(=O)O)c4ccc(S(=O)(=O)O)cc4C3(C)C)=C2c2ccc(CCCCC(=O)NCCOCCOCCNc3nc(Cl)nc(Nc4ccc(S(N)(=O)=O)cc4)n3)cc2)C(C)(C)c2cc(S(=O)(=O)O)ccc21. The van der Waals surface area contributed by atoms with Crippen LogP contribution in [0.1, 0.15) is 121 Å². The number of fused-ring (bicyclic) bond motifs is 2. The zero-order chi connectivity index (χ0) is 66.7. The molecule has 0 bridgehead atoms. The van der Waals surface area contributed by atoms with Gasteiger partial charge in [-0.25, -0.2) is 13.6 Å². The Morgan fingerprint density at radius 2 is 1.37 bits per heavy atom. The summed E-state index contributed by atoms with van der Waals surface area (Å²) < 4.78 is 139. The molecular formula is C64H81ClN9O14S4+. The summed E-state index contributed by atoms with van der Waals surface area (Å²) in [5.74, 6) is -0.143. The number of hydrogen-bond donors (Lipinski definition) is 7.